The number of rotatable bonds is 5. The minimum absolute atomic E-state index is 0.0527. The van der Waals surface area contributed by atoms with E-state index in [2.05, 4.69) is 6.07 Å². The van der Waals surface area contributed by atoms with E-state index in [9.17, 15) is 14.9 Å². The number of hydrogen-bond donors (Lipinski definition) is 0. The monoisotopic (exact) mass is 389 g/mol. The molecule has 1 fully saturated rings. The van der Waals surface area contributed by atoms with Gasteiger partial charge in [0.25, 0.3) is 0 Å². The van der Waals surface area contributed by atoms with Gasteiger partial charge in [0.1, 0.15) is 11.6 Å². The Bertz CT molecular complexity index is 964. The van der Waals surface area contributed by atoms with Crippen LogP contribution in [-0.2, 0) is 22.4 Å². The summed E-state index contributed by atoms with van der Waals surface area (Å²) >= 11 is 0. The van der Waals surface area contributed by atoms with Gasteiger partial charge < -0.3 is 9.80 Å². The maximum atomic E-state index is 13.5. The predicted octanol–water partition coefficient (Wildman–Crippen LogP) is 3.10. The summed E-state index contributed by atoms with van der Waals surface area (Å²) in [4.78, 5) is 30.2. The molecule has 0 aromatic heterocycles. The average Bonchev–Trinajstić information content (AvgIpc) is 2.74. The van der Waals surface area contributed by atoms with Gasteiger partial charge in [-0.05, 0) is 36.1 Å². The molecule has 2 unspecified atom stereocenters. The highest BCUT2D eigenvalue weighted by atomic mass is 16.2. The molecule has 2 amide bonds. The number of aryl methyl sites for hydroxylation is 1. The van der Waals surface area contributed by atoms with E-state index >= 15 is 0 Å². The van der Waals surface area contributed by atoms with E-state index in [0.29, 0.717) is 24.8 Å². The topological polar surface area (TPSA) is 64.4 Å². The number of benzene rings is 2. The van der Waals surface area contributed by atoms with Crippen LogP contribution < -0.4 is 0 Å². The maximum absolute atomic E-state index is 13.5. The first-order valence-corrected chi connectivity index (χ1v) is 9.93. The van der Waals surface area contributed by atoms with Crippen LogP contribution in [0.15, 0.2) is 48.5 Å². The Labute approximate surface area is 172 Å². The van der Waals surface area contributed by atoms with Crippen molar-refractivity contribution in [3.63, 3.8) is 0 Å². The molecule has 2 aromatic carbocycles. The maximum Gasteiger partial charge on any atom is 0.249 e. The molecule has 1 saturated heterocycles. The number of nitriles is 1. The van der Waals surface area contributed by atoms with Crippen molar-refractivity contribution in [1.82, 2.24) is 9.80 Å². The molecule has 0 radical (unpaired) electrons. The SMILES string of the molecule is CCC1(Cc2ccccc2)C(=O)N(C)C(Cc2c(C)cccc2C#N)C(=O)N1C. The van der Waals surface area contributed by atoms with Crippen LogP contribution in [0.5, 0.6) is 0 Å². The average molecular weight is 389 g/mol. The third-order valence-corrected chi connectivity index (χ3v) is 6.30. The molecule has 3 rings (SSSR count). The van der Waals surface area contributed by atoms with Crippen molar-refractivity contribution >= 4 is 11.8 Å². The Hall–Kier alpha value is -3.13. The minimum atomic E-state index is -0.895. The molecule has 0 spiro atoms. The zero-order valence-electron chi connectivity index (χ0n) is 17.5. The molecule has 0 saturated carbocycles. The van der Waals surface area contributed by atoms with Gasteiger partial charge in [0.05, 0.1) is 11.6 Å². The van der Waals surface area contributed by atoms with E-state index in [1.54, 1.807) is 30.0 Å². The van der Waals surface area contributed by atoms with Crippen molar-refractivity contribution in [2.24, 2.45) is 0 Å². The summed E-state index contributed by atoms with van der Waals surface area (Å²) in [5, 5.41) is 9.47. The highest BCUT2D eigenvalue weighted by Gasteiger charge is 2.52. The van der Waals surface area contributed by atoms with Gasteiger partial charge in [-0.1, -0.05) is 49.4 Å². The summed E-state index contributed by atoms with van der Waals surface area (Å²) in [5.74, 6) is -0.139. The molecule has 1 aliphatic heterocycles. The number of amides is 2. The van der Waals surface area contributed by atoms with Gasteiger partial charge >= 0.3 is 0 Å². The van der Waals surface area contributed by atoms with Crippen LogP contribution in [0, 0.1) is 18.3 Å². The number of hydrogen-bond acceptors (Lipinski definition) is 3. The fraction of sp³-hybridized carbons (Fsp3) is 0.375. The lowest BCUT2D eigenvalue weighted by molar-refractivity contribution is -0.167. The molecule has 2 aromatic rings. The van der Waals surface area contributed by atoms with Gasteiger partial charge in [-0.2, -0.15) is 5.26 Å². The van der Waals surface area contributed by atoms with Gasteiger partial charge in [0.15, 0.2) is 0 Å². The van der Waals surface area contributed by atoms with E-state index in [1.807, 2.05) is 56.3 Å². The second-order valence-electron chi connectivity index (χ2n) is 7.79. The number of carbonyl (C=O) groups is 2. The lowest BCUT2D eigenvalue weighted by atomic mass is 9.81. The van der Waals surface area contributed by atoms with E-state index in [0.717, 1.165) is 16.7 Å². The first-order chi connectivity index (χ1) is 13.9. The standard InChI is InChI=1S/C24H27N3O2/c1-5-24(15-18-11-7-6-8-12-18)23(29)26(3)21(22(28)27(24)4)14-20-17(2)10-9-13-19(20)16-25/h6-13,21H,5,14-15H2,1-4H3. The van der Waals surface area contributed by atoms with Crippen LogP contribution in [0.4, 0.5) is 0 Å². The fourth-order valence-electron chi connectivity index (χ4n) is 4.35. The van der Waals surface area contributed by atoms with Crippen molar-refractivity contribution in [1.29, 1.82) is 5.26 Å². The van der Waals surface area contributed by atoms with Crippen LogP contribution in [0.3, 0.4) is 0 Å². The first kappa shape index (κ1) is 20.6. The van der Waals surface area contributed by atoms with Crippen molar-refractivity contribution < 1.29 is 9.59 Å². The summed E-state index contributed by atoms with van der Waals surface area (Å²) in [6, 6.07) is 16.9. The van der Waals surface area contributed by atoms with Gasteiger partial charge in [0.2, 0.25) is 11.8 Å². The highest BCUT2D eigenvalue weighted by Crippen LogP contribution is 2.33. The summed E-state index contributed by atoms with van der Waals surface area (Å²) in [5.41, 5.74) is 2.47. The van der Waals surface area contributed by atoms with Gasteiger partial charge in [0, 0.05) is 26.9 Å². The fourth-order valence-corrected chi connectivity index (χ4v) is 4.35. The van der Waals surface area contributed by atoms with E-state index in [1.165, 1.54) is 0 Å². The summed E-state index contributed by atoms with van der Waals surface area (Å²) < 4.78 is 0. The third kappa shape index (κ3) is 3.51. The van der Waals surface area contributed by atoms with Crippen LogP contribution >= 0.6 is 0 Å². The Morgan fingerprint density at radius 1 is 1.07 bits per heavy atom. The lowest BCUT2D eigenvalue weighted by Crippen LogP contribution is -2.70. The summed E-state index contributed by atoms with van der Waals surface area (Å²) in [7, 11) is 3.44. The first-order valence-electron chi connectivity index (χ1n) is 9.93. The van der Waals surface area contributed by atoms with Crippen LogP contribution in [0.25, 0.3) is 0 Å². The van der Waals surface area contributed by atoms with Crippen LogP contribution in [0.2, 0.25) is 0 Å². The molecule has 5 nitrogen and oxygen atoms in total. The number of piperazine rings is 1. The molecule has 29 heavy (non-hydrogen) atoms. The third-order valence-electron chi connectivity index (χ3n) is 6.30. The van der Waals surface area contributed by atoms with E-state index < -0.39 is 11.6 Å². The van der Waals surface area contributed by atoms with Crippen molar-refractivity contribution in [3.8, 4) is 6.07 Å². The van der Waals surface area contributed by atoms with Crippen molar-refractivity contribution in [2.75, 3.05) is 14.1 Å². The van der Waals surface area contributed by atoms with Crippen molar-refractivity contribution in [3.05, 3.63) is 70.8 Å². The highest BCUT2D eigenvalue weighted by molar-refractivity contribution is 6.00. The molecule has 150 valence electrons. The second-order valence-corrected chi connectivity index (χ2v) is 7.79. The number of carbonyl (C=O) groups excluding carboxylic acids is 2. The molecule has 0 aliphatic carbocycles. The van der Waals surface area contributed by atoms with E-state index in [-0.39, 0.29) is 11.8 Å². The molecule has 1 aliphatic rings. The quantitative estimate of drug-likeness (QED) is 0.789. The van der Waals surface area contributed by atoms with Gasteiger partial charge in [-0.15, -0.1) is 0 Å². The molecular weight excluding hydrogens is 362 g/mol. The van der Waals surface area contributed by atoms with Crippen LogP contribution in [-0.4, -0.2) is 47.3 Å². The normalized spacial score (nSPS) is 22.0. The lowest BCUT2D eigenvalue weighted by Gasteiger charge is -2.50. The summed E-state index contributed by atoms with van der Waals surface area (Å²) in [6.07, 6.45) is 1.36. The zero-order valence-corrected chi connectivity index (χ0v) is 17.5. The Kier molecular flexibility index (Phi) is 5.74. The molecule has 0 bridgehead atoms. The number of nitrogens with zero attached hydrogens (tertiary/aromatic N) is 3. The Balaban J connectivity index is 1.96. The second kappa shape index (κ2) is 8.08. The van der Waals surface area contributed by atoms with E-state index in [4.69, 9.17) is 0 Å². The molecule has 0 N–H and O–H groups in total. The molecule has 5 heteroatoms. The van der Waals surface area contributed by atoms with Gasteiger partial charge in [-0.25, -0.2) is 0 Å². The largest absolute Gasteiger partial charge is 0.331 e. The molecular formula is C24H27N3O2. The molecule has 2 atom stereocenters. The predicted molar refractivity (Wildman–Crippen MR) is 112 cm³/mol. The smallest absolute Gasteiger partial charge is 0.249 e. The number of likely N-dealkylation sites (N-methyl/N-ethyl adjacent to an activating group) is 2. The van der Waals surface area contributed by atoms with Gasteiger partial charge in [-0.3, -0.25) is 9.59 Å². The molecule has 1 heterocycles. The Morgan fingerprint density at radius 2 is 1.76 bits per heavy atom. The Morgan fingerprint density at radius 3 is 2.38 bits per heavy atom. The van der Waals surface area contributed by atoms with Crippen LogP contribution in [0.1, 0.15) is 35.6 Å². The van der Waals surface area contributed by atoms with Crippen molar-refractivity contribution in [2.45, 2.75) is 44.7 Å². The zero-order chi connectivity index (χ0) is 21.2. The minimum Gasteiger partial charge on any atom is -0.331 e. The summed E-state index contributed by atoms with van der Waals surface area (Å²) in [6.45, 7) is 3.88.